The largest absolute Gasteiger partial charge is 0.573 e. The number of ether oxygens (including phenoxy) is 1. The maximum Gasteiger partial charge on any atom is 0.573 e. The van der Waals surface area contributed by atoms with Gasteiger partial charge in [0.1, 0.15) is 11.9 Å². The highest BCUT2D eigenvalue weighted by molar-refractivity contribution is 7.89. The third-order valence-corrected chi connectivity index (χ3v) is 3.60. The molecule has 0 aliphatic carbocycles. The summed E-state index contributed by atoms with van der Waals surface area (Å²) < 4.78 is 64.7. The summed E-state index contributed by atoms with van der Waals surface area (Å²) in [5, 5.41) is 9.06. The number of rotatable bonds is 6. The van der Waals surface area contributed by atoms with E-state index in [0.717, 1.165) is 24.3 Å². The highest BCUT2D eigenvalue weighted by atomic mass is 32.2. The van der Waals surface area contributed by atoms with Gasteiger partial charge in [0.05, 0.1) is 4.90 Å². The van der Waals surface area contributed by atoms with Gasteiger partial charge >= 0.3 is 6.36 Å². The van der Waals surface area contributed by atoms with E-state index in [9.17, 15) is 26.4 Å². The summed E-state index contributed by atoms with van der Waals surface area (Å²) in [7, 11) is -4.10. The summed E-state index contributed by atoms with van der Waals surface area (Å²) >= 11 is 0. The number of sulfonamides is 1. The zero-order valence-electron chi connectivity index (χ0n) is 10.3. The van der Waals surface area contributed by atoms with Crippen LogP contribution >= 0.6 is 0 Å². The first kappa shape index (κ1) is 17.2. The molecule has 0 fully saturated rings. The number of benzene rings is 1. The lowest BCUT2D eigenvalue weighted by Gasteiger charge is -2.11. The van der Waals surface area contributed by atoms with E-state index in [-0.39, 0.29) is 4.90 Å². The van der Waals surface area contributed by atoms with E-state index >= 15 is 0 Å². The molecule has 0 aromatic heterocycles. The molecule has 7 nitrogen and oxygen atoms in total. The Morgan fingerprint density at radius 1 is 1.33 bits per heavy atom. The molecule has 1 aromatic carbocycles. The minimum atomic E-state index is -4.88. The van der Waals surface area contributed by atoms with E-state index in [1.165, 1.54) is 0 Å². The monoisotopic (exact) mass is 328 g/mol. The lowest BCUT2D eigenvalue weighted by atomic mass is 10.3. The number of alkyl halides is 3. The number of hydrogen-bond acceptors (Lipinski definition) is 5. The summed E-state index contributed by atoms with van der Waals surface area (Å²) in [6, 6.07) is 3.37. The minimum absolute atomic E-state index is 0.367. The summed E-state index contributed by atoms with van der Waals surface area (Å²) in [5.74, 6) is -1.70. The van der Waals surface area contributed by atoms with Gasteiger partial charge in [0.2, 0.25) is 15.9 Å². The Labute approximate surface area is 117 Å². The van der Waals surface area contributed by atoms with Crippen molar-refractivity contribution in [3.05, 3.63) is 24.3 Å². The number of nitrogens with two attached hydrogens (primary N) is 1. The number of nitrogens with one attached hydrogen (secondary N) is 1. The van der Waals surface area contributed by atoms with Gasteiger partial charge < -0.3 is 15.6 Å². The van der Waals surface area contributed by atoms with Gasteiger partial charge in [-0.25, -0.2) is 13.1 Å². The smallest absolute Gasteiger partial charge is 0.406 e. The summed E-state index contributed by atoms with van der Waals surface area (Å²) in [6.45, 7) is -0.654. The molecule has 4 N–H and O–H groups in total. The highest BCUT2D eigenvalue weighted by Crippen LogP contribution is 2.23. The predicted molar refractivity (Wildman–Crippen MR) is 63.5 cm³/mol. The van der Waals surface area contributed by atoms with Crippen molar-refractivity contribution in [1.29, 1.82) is 0 Å². The van der Waals surface area contributed by atoms with Crippen LogP contribution in [0.25, 0.3) is 0 Å². The molecule has 1 aromatic rings. The molecule has 0 aliphatic heterocycles. The van der Waals surface area contributed by atoms with Crippen molar-refractivity contribution in [2.75, 3.05) is 6.54 Å². The zero-order chi connectivity index (χ0) is 16.3. The van der Waals surface area contributed by atoms with E-state index in [0.29, 0.717) is 0 Å². The van der Waals surface area contributed by atoms with Crippen molar-refractivity contribution < 1.29 is 36.2 Å². The molecule has 0 heterocycles. The van der Waals surface area contributed by atoms with Crippen molar-refractivity contribution in [2.24, 2.45) is 5.73 Å². The van der Waals surface area contributed by atoms with Crippen molar-refractivity contribution in [3.63, 3.8) is 0 Å². The number of halogens is 3. The molecule has 118 valence electrons. The number of carbonyl (C=O) groups excluding carboxylic acids is 1. The topological polar surface area (TPSA) is 119 Å². The first-order valence-corrected chi connectivity index (χ1v) is 6.82. The molecule has 0 saturated carbocycles. The Kier molecular flexibility index (Phi) is 5.15. The van der Waals surface area contributed by atoms with Crippen LogP contribution in [0.2, 0.25) is 0 Å². The third kappa shape index (κ3) is 5.57. The Hall–Kier alpha value is -1.85. The van der Waals surface area contributed by atoms with Crippen molar-refractivity contribution >= 4 is 15.9 Å². The fraction of sp³-hybridized carbons (Fsp3) is 0.300. The molecule has 1 unspecified atom stereocenters. The highest BCUT2D eigenvalue weighted by Gasteiger charge is 2.31. The summed E-state index contributed by atoms with van der Waals surface area (Å²) in [5.41, 5.74) is 4.74. The van der Waals surface area contributed by atoms with Gasteiger partial charge in [0.25, 0.3) is 0 Å². The molecule has 21 heavy (non-hydrogen) atoms. The summed E-state index contributed by atoms with van der Waals surface area (Å²) in [4.78, 5) is 10.2. The second kappa shape index (κ2) is 6.28. The second-order valence-corrected chi connectivity index (χ2v) is 5.56. The number of aliphatic hydroxyl groups excluding tert-OH is 1. The average Bonchev–Trinajstić information content (AvgIpc) is 2.34. The van der Waals surface area contributed by atoms with E-state index in [2.05, 4.69) is 4.74 Å². The number of hydrogen-bond donors (Lipinski definition) is 3. The molecular weight excluding hydrogens is 317 g/mol. The van der Waals surface area contributed by atoms with Gasteiger partial charge in [-0.05, 0) is 24.3 Å². The number of primary amides is 1. The van der Waals surface area contributed by atoms with E-state index in [1.807, 2.05) is 4.72 Å². The SMILES string of the molecule is NC(=O)C(O)CNS(=O)(=O)c1ccc(OC(F)(F)F)cc1. The third-order valence-electron chi connectivity index (χ3n) is 2.16. The van der Waals surface area contributed by atoms with Gasteiger partial charge in [-0.15, -0.1) is 13.2 Å². The number of carbonyl (C=O) groups is 1. The molecular formula is C10H11F3N2O5S. The minimum Gasteiger partial charge on any atom is -0.406 e. The van der Waals surface area contributed by atoms with Crippen LogP contribution in [-0.4, -0.2) is 38.4 Å². The fourth-order valence-corrected chi connectivity index (χ4v) is 2.23. The molecule has 0 saturated heterocycles. The van der Waals surface area contributed by atoms with Crippen molar-refractivity contribution in [1.82, 2.24) is 4.72 Å². The Morgan fingerprint density at radius 2 is 1.86 bits per heavy atom. The van der Waals surface area contributed by atoms with Crippen LogP contribution in [0.5, 0.6) is 5.75 Å². The van der Waals surface area contributed by atoms with E-state index in [1.54, 1.807) is 0 Å². The lowest BCUT2D eigenvalue weighted by Crippen LogP contribution is -2.39. The first-order valence-electron chi connectivity index (χ1n) is 5.34. The van der Waals surface area contributed by atoms with Crippen LogP contribution < -0.4 is 15.2 Å². The molecule has 11 heteroatoms. The van der Waals surface area contributed by atoms with E-state index in [4.69, 9.17) is 10.8 Å². The van der Waals surface area contributed by atoms with Crippen molar-refractivity contribution in [3.8, 4) is 5.75 Å². The number of amides is 1. The van der Waals surface area contributed by atoms with Crippen molar-refractivity contribution in [2.45, 2.75) is 17.4 Å². The Bertz CT molecular complexity index is 600. The molecule has 0 spiro atoms. The normalized spacial score (nSPS) is 13.7. The molecule has 0 bridgehead atoms. The Balaban J connectivity index is 2.78. The first-order chi connectivity index (χ1) is 9.51. The van der Waals surface area contributed by atoms with Crippen LogP contribution in [0, 0.1) is 0 Å². The van der Waals surface area contributed by atoms with Crippen LogP contribution in [0.3, 0.4) is 0 Å². The molecule has 1 amide bonds. The average molecular weight is 328 g/mol. The van der Waals surface area contributed by atoms with Crippen LogP contribution in [0.1, 0.15) is 0 Å². The lowest BCUT2D eigenvalue weighted by molar-refractivity contribution is -0.274. The molecule has 0 radical (unpaired) electrons. The van der Waals surface area contributed by atoms with Crippen LogP contribution in [0.4, 0.5) is 13.2 Å². The summed E-state index contributed by atoms with van der Waals surface area (Å²) in [6.07, 6.45) is -6.60. The maximum atomic E-state index is 11.9. The quantitative estimate of drug-likeness (QED) is 0.663. The van der Waals surface area contributed by atoms with Gasteiger partial charge in [-0.3, -0.25) is 4.79 Å². The maximum absolute atomic E-state index is 11.9. The second-order valence-electron chi connectivity index (χ2n) is 3.79. The van der Waals surface area contributed by atoms with Crippen LogP contribution in [-0.2, 0) is 14.8 Å². The van der Waals surface area contributed by atoms with Gasteiger partial charge in [-0.1, -0.05) is 0 Å². The zero-order valence-corrected chi connectivity index (χ0v) is 11.1. The fourth-order valence-electron chi connectivity index (χ4n) is 1.19. The predicted octanol–water partition coefficient (Wildman–Crippen LogP) is -0.290. The Morgan fingerprint density at radius 3 is 2.29 bits per heavy atom. The van der Waals surface area contributed by atoms with Gasteiger partial charge in [0, 0.05) is 6.54 Å². The van der Waals surface area contributed by atoms with Gasteiger partial charge in [0.15, 0.2) is 0 Å². The van der Waals surface area contributed by atoms with Crippen LogP contribution in [0.15, 0.2) is 29.2 Å². The molecule has 0 aliphatic rings. The van der Waals surface area contributed by atoms with Gasteiger partial charge in [-0.2, -0.15) is 0 Å². The van der Waals surface area contributed by atoms with E-state index < -0.39 is 40.7 Å². The standard InChI is InChI=1S/C10H11F3N2O5S/c11-10(12,13)20-6-1-3-7(4-2-6)21(18,19)15-5-8(16)9(14)17/h1-4,8,15-16H,5H2,(H2,14,17). The molecule has 1 atom stereocenters. The number of aliphatic hydroxyl groups is 1. The molecule has 1 rings (SSSR count).